The highest BCUT2D eigenvalue weighted by atomic mass is 32.1. The molecule has 11 heteroatoms. The van der Waals surface area contributed by atoms with Gasteiger partial charge in [0.05, 0.1) is 33.7 Å². The normalized spacial score (nSPS) is 10.9. The van der Waals surface area contributed by atoms with Crippen LogP contribution in [0, 0.1) is 11.3 Å². The fourth-order valence-corrected chi connectivity index (χ4v) is 5.50. The Hall–Kier alpha value is -5.60. The summed E-state index contributed by atoms with van der Waals surface area (Å²) in [6.45, 7) is 0.531. The van der Waals surface area contributed by atoms with Crippen LogP contribution in [0.2, 0.25) is 0 Å². The Bertz CT molecular complexity index is 1940. The lowest BCUT2D eigenvalue weighted by Crippen LogP contribution is -2.26. The number of nitriles is 1. The number of carbonyl (C=O) groups is 2. The van der Waals surface area contributed by atoms with Gasteiger partial charge in [-0.1, -0.05) is 12.1 Å². The topological polar surface area (TPSA) is 133 Å². The third kappa shape index (κ3) is 5.39. The number of benzene rings is 2. The molecule has 0 spiro atoms. The molecule has 2 N–H and O–H groups in total. The van der Waals surface area contributed by atoms with E-state index in [1.165, 1.54) is 16.2 Å². The van der Waals surface area contributed by atoms with Crippen LogP contribution in [0.3, 0.4) is 0 Å². The van der Waals surface area contributed by atoms with Gasteiger partial charge in [-0.25, -0.2) is 4.98 Å². The molecule has 0 aliphatic carbocycles. The number of hydrogen-bond acceptors (Lipinski definition) is 7. The van der Waals surface area contributed by atoms with E-state index in [0.717, 1.165) is 21.7 Å². The van der Waals surface area contributed by atoms with Gasteiger partial charge in [-0.15, -0.1) is 11.3 Å². The van der Waals surface area contributed by atoms with Crippen molar-refractivity contribution < 1.29 is 9.59 Å². The first-order valence-corrected chi connectivity index (χ1v) is 13.9. The van der Waals surface area contributed by atoms with Crippen LogP contribution >= 0.6 is 11.3 Å². The van der Waals surface area contributed by atoms with Crippen molar-refractivity contribution >= 4 is 45.8 Å². The van der Waals surface area contributed by atoms with Gasteiger partial charge in [0.25, 0.3) is 11.8 Å². The minimum Gasteiger partial charge on any atom is -0.311 e. The molecule has 0 aliphatic heterocycles. The second-order valence-corrected chi connectivity index (χ2v) is 10.6. The number of H-pyrrole nitrogens is 1. The van der Waals surface area contributed by atoms with Gasteiger partial charge in [0.1, 0.15) is 0 Å². The molecule has 0 saturated carbocycles. The van der Waals surface area contributed by atoms with Crippen molar-refractivity contribution in [3.05, 3.63) is 113 Å². The van der Waals surface area contributed by atoms with Crippen molar-refractivity contribution in [1.82, 2.24) is 24.7 Å². The molecule has 6 rings (SSSR count). The summed E-state index contributed by atoms with van der Waals surface area (Å²) >= 11 is 1.37. The van der Waals surface area contributed by atoms with Crippen LogP contribution in [0.15, 0.2) is 91.4 Å². The number of carbonyl (C=O) groups excluding carboxylic acids is 2. The van der Waals surface area contributed by atoms with E-state index in [9.17, 15) is 14.9 Å². The quantitative estimate of drug-likeness (QED) is 0.247. The van der Waals surface area contributed by atoms with Crippen molar-refractivity contribution in [2.45, 2.75) is 13.0 Å². The molecular formula is C31H24N8O2S. The average molecular weight is 573 g/mol. The van der Waals surface area contributed by atoms with Crippen LogP contribution in [0.5, 0.6) is 0 Å². The predicted octanol–water partition coefficient (Wildman–Crippen LogP) is 5.53. The van der Waals surface area contributed by atoms with Gasteiger partial charge in [-0.3, -0.25) is 25.0 Å². The van der Waals surface area contributed by atoms with Gasteiger partial charge in [0.15, 0.2) is 0 Å². The summed E-state index contributed by atoms with van der Waals surface area (Å²) < 4.78 is 1.95. The predicted molar refractivity (Wildman–Crippen MR) is 161 cm³/mol. The largest absolute Gasteiger partial charge is 0.311 e. The van der Waals surface area contributed by atoms with E-state index in [-0.39, 0.29) is 11.8 Å². The van der Waals surface area contributed by atoms with E-state index in [1.807, 2.05) is 47.0 Å². The minimum absolute atomic E-state index is 0.249. The maximum absolute atomic E-state index is 13.3. The summed E-state index contributed by atoms with van der Waals surface area (Å²) in [6, 6.07) is 23.7. The molecule has 0 saturated heterocycles. The lowest BCUT2D eigenvalue weighted by atomic mass is 10.1. The summed E-state index contributed by atoms with van der Waals surface area (Å²) in [7, 11) is 1.68. The van der Waals surface area contributed by atoms with Crippen LogP contribution in [0.25, 0.3) is 21.5 Å². The fourth-order valence-electron chi connectivity index (χ4n) is 4.62. The fraction of sp³-hybridized carbons (Fsp3) is 0.0968. The summed E-state index contributed by atoms with van der Waals surface area (Å²) in [6.07, 6.45) is 5.88. The maximum atomic E-state index is 13.3. The number of fused-ring (bicyclic) bond motifs is 1. The van der Waals surface area contributed by atoms with Crippen LogP contribution < -0.4 is 10.2 Å². The number of aromatic amines is 1. The molecule has 4 aromatic heterocycles. The SMILES string of the molecule is CN(C(=O)c1cccc(C#N)c1)c1ccc2c(c1)nc(NC(=O)c1ccc(-c3cn[nH]c3)s1)n2CCc1ccccn1. The molecule has 42 heavy (non-hydrogen) atoms. The standard InChI is InChI=1S/C31H24N8O2S/c1-38(30(41)21-6-4-5-20(15-21)17-32)24-8-9-26-25(16-24)36-31(39(26)14-12-23-7-2-3-13-33-23)37-29(40)28-11-10-27(42-28)22-18-34-35-19-22/h2-11,13,15-16,18-19H,12,14H2,1H3,(H,34,35)(H,36,37,40). The summed E-state index contributed by atoms with van der Waals surface area (Å²) in [4.78, 5) is 38.7. The van der Waals surface area contributed by atoms with Crippen molar-refractivity contribution in [2.24, 2.45) is 0 Å². The van der Waals surface area contributed by atoms with Gasteiger partial charge in [-0.2, -0.15) is 10.4 Å². The Kier molecular flexibility index (Phi) is 7.28. The number of hydrogen-bond donors (Lipinski definition) is 2. The van der Waals surface area contributed by atoms with Gasteiger partial charge < -0.3 is 9.47 Å². The molecule has 0 atom stereocenters. The molecule has 0 aliphatic rings. The zero-order valence-corrected chi connectivity index (χ0v) is 23.3. The van der Waals surface area contributed by atoms with Crippen LogP contribution in [-0.2, 0) is 13.0 Å². The highest BCUT2D eigenvalue weighted by molar-refractivity contribution is 7.17. The van der Waals surface area contributed by atoms with Gasteiger partial charge in [-0.05, 0) is 60.7 Å². The van der Waals surface area contributed by atoms with E-state index in [4.69, 9.17) is 4.98 Å². The molecule has 10 nitrogen and oxygen atoms in total. The van der Waals surface area contributed by atoms with E-state index < -0.39 is 0 Å². The highest BCUT2D eigenvalue weighted by Crippen LogP contribution is 2.29. The number of rotatable bonds is 8. The van der Waals surface area contributed by atoms with Crippen molar-refractivity contribution in [2.75, 3.05) is 17.3 Å². The number of amides is 2. The van der Waals surface area contributed by atoms with Crippen molar-refractivity contribution in [1.29, 1.82) is 5.26 Å². The first kappa shape index (κ1) is 26.6. The van der Waals surface area contributed by atoms with E-state index in [0.29, 0.717) is 46.1 Å². The van der Waals surface area contributed by atoms with Crippen LogP contribution in [-0.4, -0.2) is 43.6 Å². The molecule has 0 radical (unpaired) electrons. The molecule has 206 valence electrons. The summed E-state index contributed by atoms with van der Waals surface area (Å²) in [5, 5.41) is 19.0. The number of anilines is 2. The van der Waals surface area contributed by atoms with Gasteiger partial charge in [0.2, 0.25) is 5.95 Å². The summed E-state index contributed by atoms with van der Waals surface area (Å²) in [5.41, 5.74) is 4.72. The van der Waals surface area contributed by atoms with Gasteiger partial charge in [0, 0.05) is 59.8 Å². The lowest BCUT2D eigenvalue weighted by Gasteiger charge is -2.17. The van der Waals surface area contributed by atoms with Crippen molar-refractivity contribution in [3.63, 3.8) is 0 Å². The molecule has 0 fully saturated rings. The maximum Gasteiger partial charge on any atom is 0.268 e. The Morgan fingerprint density at radius 3 is 2.79 bits per heavy atom. The number of pyridine rings is 1. The Labute approximate surface area is 244 Å². The zero-order chi connectivity index (χ0) is 29.1. The zero-order valence-electron chi connectivity index (χ0n) is 22.5. The van der Waals surface area contributed by atoms with Crippen LogP contribution in [0.4, 0.5) is 11.6 Å². The lowest BCUT2D eigenvalue weighted by molar-refractivity contribution is 0.0991. The number of imidazole rings is 1. The number of aryl methyl sites for hydroxylation is 2. The minimum atomic E-state index is -0.269. The Balaban J connectivity index is 1.31. The van der Waals surface area contributed by atoms with E-state index >= 15 is 0 Å². The molecule has 0 bridgehead atoms. The number of thiophene rings is 1. The third-order valence-corrected chi connectivity index (χ3v) is 7.95. The monoisotopic (exact) mass is 572 g/mol. The number of nitrogens with zero attached hydrogens (tertiary/aromatic N) is 6. The number of aromatic nitrogens is 5. The Morgan fingerprint density at radius 2 is 2.00 bits per heavy atom. The Morgan fingerprint density at radius 1 is 1.10 bits per heavy atom. The number of nitrogens with one attached hydrogen (secondary N) is 2. The first-order valence-electron chi connectivity index (χ1n) is 13.1. The molecule has 2 aromatic carbocycles. The second kappa shape index (κ2) is 11.5. The smallest absolute Gasteiger partial charge is 0.268 e. The first-order chi connectivity index (χ1) is 20.5. The molecule has 6 aromatic rings. The summed E-state index contributed by atoms with van der Waals surface area (Å²) in [5.74, 6) is -0.119. The average Bonchev–Trinajstić information content (AvgIpc) is 3.80. The molecule has 0 unspecified atom stereocenters. The highest BCUT2D eigenvalue weighted by Gasteiger charge is 2.19. The van der Waals surface area contributed by atoms with Crippen LogP contribution in [0.1, 0.15) is 31.3 Å². The molecule has 2 amide bonds. The third-order valence-electron chi connectivity index (χ3n) is 6.82. The van der Waals surface area contributed by atoms with E-state index in [1.54, 1.807) is 56.0 Å². The van der Waals surface area contributed by atoms with Gasteiger partial charge >= 0.3 is 0 Å². The van der Waals surface area contributed by atoms with Crippen molar-refractivity contribution in [3.8, 4) is 16.5 Å². The molecular weight excluding hydrogens is 548 g/mol. The second-order valence-electron chi connectivity index (χ2n) is 9.49. The van der Waals surface area contributed by atoms with E-state index in [2.05, 4.69) is 26.6 Å². The molecule has 4 heterocycles.